The fraction of sp³-hybridized carbons (Fsp3) is 0.167. The number of aromatic nitrogens is 1. The number of para-hydroxylation sites is 1. The number of pyridine rings is 1. The summed E-state index contributed by atoms with van der Waals surface area (Å²) in [6.07, 6.45) is 1.80. The molecule has 2 aliphatic heterocycles. The maximum Gasteiger partial charge on any atom is 4.00 e. The van der Waals surface area contributed by atoms with Crippen molar-refractivity contribution in [3.8, 4) is 11.5 Å². The van der Waals surface area contributed by atoms with Crippen LogP contribution in [0.3, 0.4) is 0 Å². The number of hydrogen-bond acceptors (Lipinski definition) is 6. The third kappa shape index (κ3) is 4.49. The van der Waals surface area contributed by atoms with E-state index in [1.165, 1.54) is 5.56 Å². The largest absolute Gasteiger partial charge is 4.00 e. The van der Waals surface area contributed by atoms with E-state index in [-0.39, 0.29) is 26.6 Å². The van der Waals surface area contributed by atoms with Crippen molar-refractivity contribution < 1.29 is 25.8 Å². The molecule has 0 fully saturated rings. The average Bonchev–Trinajstić information content (AvgIpc) is 3.23. The Morgan fingerprint density at radius 3 is 2.08 bits per heavy atom. The Kier molecular flexibility index (Phi) is 6.74. The van der Waals surface area contributed by atoms with E-state index < -0.39 is 0 Å². The van der Waals surface area contributed by atoms with Crippen molar-refractivity contribution in [2.24, 2.45) is 0 Å². The van der Waals surface area contributed by atoms with Crippen molar-refractivity contribution in [1.82, 2.24) is 9.88 Å². The molecule has 7 heteroatoms. The predicted molar refractivity (Wildman–Crippen MR) is 143 cm³/mol. The van der Waals surface area contributed by atoms with E-state index in [4.69, 9.17) is 4.74 Å². The van der Waals surface area contributed by atoms with Gasteiger partial charge in [0.15, 0.2) is 0 Å². The number of anilines is 5. The Labute approximate surface area is 233 Å². The van der Waals surface area contributed by atoms with E-state index in [0.717, 1.165) is 28.6 Å². The molecule has 4 aromatic rings. The molecular weight excluding hydrogens is 641 g/mol. The van der Waals surface area contributed by atoms with Gasteiger partial charge in [-0.15, -0.1) is 47.8 Å². The van der Waals surface area contributed by atoms with Crippen LogP contribution in [0, 0.1) is 25.5 Å². The van der Waals surface area contributed by atoms with Crippen molar-refractivity contribution in [3.05, 3.63) is 110 Å². The fourth-order valence-electron chi connectivity index (χ4n) is 4.68. The monoisotopic (exact) mass is 668 g/mol. The number of hydrogen-bond donors (Lipinski definition) is 0. The summed E-state index contributed by atoms with van der Waals surface area (Å²) in [4.78, 5) is 12.9. The summed E-state index contributed by atoms with van der Waals surface area (Å²) in [6, 6.07) is 31.2. The van der Waals surface area contributed by atoms with E-state index in [1.807, 2.05) is 67.1 Å². The maximum atomic E-state index is 6.25. The first kappa shape index (κ1) is 25.3. The summed E-state index contributed by atoms with van der Waals surface area (Å²) >= 11 is 0. The Hall–Kier alpha value is -3.34. The van der Waals surface area contributed by atoms with E-state index in [2.05, 4.69) is 83.6 Å². The summed E-state index contributed by atoms with van der Waals surface area (Å²) in [5.74, 6) is 2.16. The summed E-state index contributed by atoms with van der Waals surface area (Å²) in [7, 11) is 4.09. The molecule has 0 unspecified atom stereocenters. The molecule has 6 rings (SSSR count). The first-order valence-electron chi connectivity index (χ1n) is 11.9. The topological polar surface area (TPSA) is 35.1 Å². The van der Waals surface area contributed by atoms with Crippen LogP contribution in [0.2, 0.25) is 0 Å². The second-order valence-corrected chi connectivity index (χ2v) is 9.52. The van der Waals surface area contributed by atoms with Crippen LogP contribution >= 0.6 is 0 Å². The molecule has 0 N–H and O–H groups in total. The van der Waals surface area contributed by atoms with Gasteiger partial charge in [-0.3, -0.25) is 0 Å². The van der Waals surface area contributed by atoms with Gasteiger partial charge >= 0.3 is 21.1 Å². The van der Waals surface area contributed by atoms with Crippen molar-refractivity contribution in [2.75, 3.05) is 28.8 Å². The third-order valence-corrected chi connectivity index (χ3v) is 6.89. The second kappa shape index (κ2) is 9.85. The molecule has 6 nitrogen and oxygen atoms in total. The molecule has 0 spiro atoms. The standard InChI is InChI=1S/C30H27N5O.Pt/c1-30(2)26-14-5-6-15-27(26)35(21-33(30)4)23-11-8-13-25(19-23)36-24-12-7-10-22(18-24)34-20-32(3)29-28(34)16-9-17-31-29;/h5-17,20-21H,1-4H3;/q-4;+4. The summed E-state index contributed by atoms with van der Waals surface area (Å²) in [5, 5.41) is 0. The van der Waals surface area contributed by atoms with Crippen LogP contribution in [-0.4, -0.2) is 24.0 Å². The zero-order valence-electron chi connectivity index (χ0n) is 21.1. The molecular formula is C30H27N5OPt. The maximum absolute atomic E-state index is 6.25. The summed E-state index contributed by atoms with van der Waals surface area (Å²) in [6.45, 7) is 8.59. The molecule has 0 saturated carbocycles. The van der Waals surface area contributed by atoms with Gasteiger partial charge in [0.25, 0.3) is 0 Å². The Morgan fingerprint density at radius 1 is 0.757 bits per heavy atom. The van der Waals surface area contributed by atoms with Crippen LogP contribution in [0.1, 0.15) is 19.4 Å². The third-order valence-electron chi connectivity index (χ3n) is 6.89. The van der Waals surface area contributed by atoms with Crippen molar-refractivity contribution in [2.45, 2.75) is 19.4 Å². The van der Waals surface area contributed by atoms with Crippen LogP contribution in [-0.2, 0) is 26.6 Å². The van der Waals surface area contributed by atoms with E-state index in [9.17, 15) is 0 Å². The molecule has 0 radical (unpaired) electrons. The van der Waals surface area contributed by atoms with Crippen LogP contribution in [0.15, 0.2) is 79.0 Å². The predicted octanol–water partition coefficient (Wildman–Crippen LogP) is 6.62. The zero-order valence-corrected chi connectivity index (χ0v) is 23.4. The molecule has 3 aromatic carbocycles. The van der Waals surface area contributed by atoms with Gasteiger partial charge in [-0.2, -0.15) is 25.5 Å². The van der Waals surface area contributed by atoms with E-state index in [0.29, 0.717) is 11.5 Å². The van der Waals surface area contributed by atoms with Gasteiger partial charge < -0.3 is 24.3 Å². The summed E-state index contributed by atoms with van der Waals surface area (Å²) in [5.41, 5.74) is 5.09. The zero-order chi connectivity index (χ0) is 24.9. The molecule has 0 aliphatic carbocycles. The molecule has 3 heterocycles. The minimum Gasteiger partial charge on any atom is -0.509 e. The molecule has 0 saturated heterocycles. The number of nitrogens with zero attached hydrogens (tertiary/aromatic N) is 5. The van der Waals surface area contributed by atoms with Crippen LogP contribution in [0.5, 0.6) is 11.5 Å². The molecule has 0 amide bonds. The molecule has 1 aromatic heterocycles. The first-order valence-corrected chi connectivity index (χ1v) is 11.9. The minimum atomic E-state index is -0.106. The molecule has 0 atom stereocenters. The number of rotatable bonds is 4. The van der Waals surface area contributed by atoms with E-state index >= 15 is 0 Å². The molecule has 37 heavy (non-hydrogen) atoms. The molecule has 0 bridgehead atoms. The summed E-state index contributed by atoms with van der Waals surface area (Å²) < 4.78 is 6.25. The van der Waals surface area contributed by atoms with Gasteiger partial charge in [-0.25, -0.2) is 4.98 Å². The van der Waals surface area contributed by atoms with Crippen molar-refractivity contribution in [3.63, 3.8) is 0 Å². The minimum absolute atomic E-state index is 0. The normalized spacial score (nSPS) is 16.2. The number of ether oxygens (including phenoxy) is 1. The quantitative estimate of drug-likeness (QED) is 0.228. The van der Waals surface area contributed by atoms with Crippen LogP contribution in [0.25, 0.3) is 0 Å². The SMILES string of the molecule is CN1[CH-]N(c2[c-]c(Oc3[c-]c(N4[CH-]N(C)C(C)(C)c5ccccc54)ccc3)ccc2)c2cccnc21.[Pt+4]. The second-order valence-electron chi connectivity index (χ2n) is 9.52. The van der Waals surface area contributed by atoms with Crippen LogP contribution in [0.4, 0.5) is 28.6 Å². The average molecular weight is 669 g/mol. The number of fused-ring (bicyclic) bond motifs is 2. The fourth-order valence-corrected chi connectivity index (χ4v) is 4.68. The van der Waals surface area contributed by atoms with Gasteiger partial charge in [0.05, 0.1) is 5.69 Å². The smallest absolute Gasteiger partial charge is 0.509 e. The van der Waals surface area contributed by atoms with Crippen LogP contribution < -0.4 is 19.4 Å². The van der Waals surface area contributed by atoms with Gasteiger partial charge in [0.1, 0.15) is 5.82 Å². The van der Waals surface area contributed by atoms with E-state index in [1.54, 1.807) is 6.20 Å². The van der Waals surface area contributed by atoms with Gasteiger partial charge in [0.2, 0.25) is 0 Å². The van der Waals surface area contributed by atoms with Crippen molar-refractivity contribution >= 4 is 28.6 Å². The Morgan fingerprint density at radius 2 is 1.38 bits per heavy atom. The first-order chi connectivity index (χ1) is 17.4. The molecule has 188 valence electrons. The Balaban J connectivity index is 0.00000280. The molecule has 2 aliphatic rings. The van der Waals surface area contributed by atoms with Gasteiger partial charge in [0, 0.05) is 28.9 Å². The number of benzene rings is 3. The Bertz CT molecular complexity index is 1420. The van der Waals surface area contributed by atoms with Gasteiger partial charge in [-0.1, -0.05) is 18.2 Å². The van der Waals surface area contributed by atoms with Gasteiger partial charge in [-0.05, 0) is 51.7 Å². The van der Waals surface area contributed by atoms with Crippen molar-refractivity contribution in [1.29, 1.82) is 0 Å².